The first kappa shape index (κ1) is 22.5. The minimum absolute atomic E-state index is 0.0572. The topological polar surface area (TPSA) is 69.7 Å². The van der Waals surface area contributed by atoms with Gasteiger partial charge < -0.3 is 5.32 Å². The van der Waals surface area contributed by atoms with E-state index in [4.69, 9.17) is 0 Å². The van der Waals surface area contributed by atoms with Gasteiger partial charge in [0.05, 0.1) is 5.92 Å². The number of amides is 1. The van der Waals surface area contributed by atoms with Gasteiger partial charge in [-0.05, 0) is 69.0 Å². The van der Waals surface area contributed by atoms with Crippen LogP contribution in [-0.4, -0.2) is 49.7 Å². The SMILES string of the molecule is Cc1ccc(S(=O)(=O)N2CCCC(C(=O)NCc3ccccc3CN3CCCC3)C2)s1. The molecular weight excluding hydrogens is 430 g/mol. The molecule has 0 spiro atoms. The Bertz CT molecular complexity index is 1010. The van der Waals surface area contributed by atoms with Crippen molar-refractivity contribution in [2.75, 3.05) is 26.2 Å². The zero-order chi connectivity index (χ0) is 21.8. The van der Waals surface area contributed by atoms with Gasteiger partial charge in [0.1, 0.15) is 4.21 Å². The molecule has 4 rings (SSSR count). The third kappa shape index (κ3) is 5.37. The monoisotopic (exact) mass is 461 g/mol. The normalized spacial score (nSPS) is 20.7. The summed E-state index contributed by atoms with van der Waals surface area (Å²) in [6.07, 6.45) is 3.93. The molecule has 2 saturated heterocycles. The van der Waals surface area contributed by atoms with Crippen LogP contribution in [0, 0.1) is 12.8 Å². The minimum atomic E-state index is -3.53. The van der Waals surface area contributed by atoms with E-state index in [0.717, 1.165) is 36.5 Å². The number of piperidine rings is 1. The number of benzene rings is 1. The molecule has 0 bridgehead atoms. The van der Waals surface area contributed by atoms with Crippen molar-refractivity contribution in [1.29, 1.82) is 0 Å². The fourth-order valence-corrected chi connectivity index (χ4v) is 7.41. The second-order valence-electron chi connectivity index (χ2n) is 8.54. The van der Waals surface area contributed by atoms with E-state index in [1.54, 1.807) is 6.07 Å². The van der Waals surface area contributed by atoms with Crippen LogP contribution in [0.3, 0.4) is 0 Å². The van der Waals surface area contributed by atoms with Crippen LogP contribution < -0.4 is 5.32 Å². The van der Waals surface area contributed by atoms with Crippen molar-refractivity contribution in [1.82, 2.24) is 14.5 Å². The highest BCUT2D eigenvalue weighted by Crippen LogP contribution is 2.28. The molecule has 0 radical (unpaired) electrons. The van der Waals surface area contributed by atoms with Crippen LogP contribution in [0.4, 0.5) is 0 Å². The fraction of sp³-hybridized carbons (Fsp3) is 0.522. The predicted octanol–water partition coefficient (Wildman–Crippen LogP) is 3.37. The van der Waals surface area contributed by atoms with Gasteiger partial charge in [-0.1, -0.05) is 24.3 Å². The number of nitrogens with zero attached hydrogens (tertiary/aromatic N) is 2. The second-order valence-corrected chi connectivity index (χ2v) is 12.0. The Morgan fingerprint density at radius 3 is 2.52 bits per heavy atom. The van der Waals surface area contributed by atoms with E-state index in [1.165, 1.54) is 34.0 Å². The summed E-state index contributed by atoms with van der Waals surface area (Å²) in [5, 5.41) is 3.07. The molecule has 2 aliphatic heterocycles. The van der Waals surface area contributed by atoms with Crippen molar-refractivity contribution in [3.63, 3.8) is 0 Å². The Labute approximate surface area is 189 Å². The van der Waals surface area contributed by atoms with Gasteiger partial charge in [-0.3, -0.25) is 9.69 Å². The molecule has 1 N–H and O–H groups in total. The highest BCUT2D eigenvalue weighted by atomic mass is 32.2. The molecule has 1 aromatic heterocycles. The molecule has 8 heteroatoms. The van der Waals surface area contributed by atoms with Crippen LogP contribution >= 0.6 is 11.3 Å². The Morgan fingerprint density at radius 1 is 1.06 bits per heavy atom. The van der Waals surface area contributed by atoms with E-state index in [2.05, 4.69) is 22.3 Å². The third-order valence-electron chi connectivity index (χ3n) is 6.23. The molecule has 0 saturated carbocycles. The molecule has 2 aliphatic rings. The van der Waals surface area contributed by atoms with Crippen molar-refractivity contribution in [3.05, 3.63) is 52.4 Å². The van der Waals surface area contributed by atoms with E-state index in [-0.39, 0.29) is 18.4 Å². The lowest BCUT2D eigenvalue weighted by molar-refractivity contribution is -0.126. The Hall–Kier alpha value is -1.74. The van der Waals surface area contributed by atoms with E-state index >= 15 is 0 Å². The lowest BCUT2D eigenvalue weighted by Crippen LogP contribution is -2.45. The fourth-order valence-electron chi connectivity index (χ4n) is 4.45. The van der Waals surface area contributed by atoms with Gasteiger partial charge in [0.25, 0.3) is 10.0 Å². The smallest absolute Gasteiger partial charge is 0.252 e. The van der Waals surface area contributed by atoms with Gasteiger partial charge in [0.2, 0.25) is 5.91 Å². The zero-order valence-corrected chi connectivity index (χ0v) is 19.7. The van der Waals surface area contributed by atoms with Crippen LogP contribution in [0.15, 0.2) is 40.6 Å². The summed E-state index contributed by atoms with van der Waals surface area (Å²) in [4.78, 5) is 16.3. The van der Waals surface area contributed by atoms with Gasteiger partial charge in [-0.2, -0.15) is 4.31 Å². The van der Waals surface area contributed by atoms with Crippen LogP contribution in [0.1, 0.15) is 41.7 Å². The number of likely N-dealkylation sites (tertiary alicyclic amines) is 1. The molecule has 1 unspecified atom stereocenters. The van der Waals surface area contributed by atoms with Crippen molar-refractivity contribution < 1.29 is 13.2 Å². The number of carbonyl (C=O) groups is 1. The van der Waals surface area contributed by atoms with Crippen molar-refractivity contribution in [2.24, 2.45) is 5.92 Å². The Balaban J connectivity index is 1.37. The first-order valence-corrected chi connectivity index (χ1v) is 13.3. The Kier molecular flexibility index (Phi) is 7.11. The Morgan fingerprint density at radius 2 is 1.81 bits per heavy atom. The molecule has 1 atom stereocenters. The summed E-state index contributed by atoms with van der Waals surface area (Å²) in [5.41, 5.74) is 2.39. The van der Waals surface area contributed by atoms with Crippen LogP contribution in [0.25, 0.3) is 0 Å². The summed E-state index contributed by atoms with van der Waals surface area (Å²) < 4.78 is 27.8. The summed E-state index contributed by atoms with van der Waals surface area (Å²) in [6.45, 7) is 6.30. The summed E-state index contributed by atoms with van der Waals surface area (Å²) in [6, 6.07) is 11.8. The number of nitrogens with one attached hydrogen (secondary N) is 1. The number of aryl methyl sites for hydroxylation is 1. The lowest BCUT2D eigenvalue weighted by atomic mass is 9.98. The maximum atomic E-state index is 13.0. The zero-order valence-electron chi connectivity index (χ0n) is 18.0. The first-order chi connectivity index (χ1) is 14.9. The maximum absolute atomic E-state index is 13.0. The van der Waals surface area contributed by atoms with Gasteiger partial charge >= 0.3 is 0 Å². The maximum Gasteiger partial charge on any atom is 0.252 e. The van der Waals surface area contributed by atoms with Crippen LogP contribution in [-0.2, 0) is 27.9 Å². The lowest BCUT2D eigenvalue weighted by Gasteiger charge is -2.31. The van der Waals surface area contributed by atoms with Gasteiger partial charge in [0.15, 0.2) is 0 Å². The number of rotatable bonds is 7. The van der Waals surface area contributed by atoms with E-state index < -0.39 is 10.0 Å². The van der Waals surface area contributed by atoms with E-state index in [0.29, 0.717) is 23.7 Å². The average molecular weight is 462 g/mol. The second kappa shape index (κ2) is 9.81. The van der Waals surface area contributed by atoms with Crippen molar-refractivity contribution >= 4 is 27.3 Å². The number of carbonyl (C=O) groups excluding carboxylic acids is 1. The quantitative estimate of drug-likeness (QED) is 0.686. The minimum Gasteiger partial charge on any atom is -0.352 e. The largest absolute Gasteiger partial charge is 0.352 e. The molecule has 2 aromatic rings. The van der Waals surface area contributed by atoms with Gasteiger partial charge in [-0.25, -0.2) is 8.42 Å². The van der Waals surface area contributed by atoms with Crippen molar-refractivity contribution in [2.45, 2.75) is 49.9 Å². The molecular formula is C23H31N3O3S2. The van der Waals surface area contributed by atoms with Gasteiger partial charge in [-0.15, -0.1) is 11.3 Å². The molecule has 3 heterocycles. The molecule has 6 nitrogen and oxygen atoms in total. The molecule has 2 fully saturated rings. The van der Waals surface area contributed by atoms with Crippen LogP contribution in [0.2, 0.25) is 0 Å². The molecule has 0 aliphatic carbocycles. The van der Waals surface area contributed by atoms with E-state index in [1.807, 2.05) is 25.1 Å². The molecule has 1 aromatic carbocycles. The number of thiophene rings is 1. The first-order valence-electron chi connectivity index (χ1n) is 11.1. The highest BCUT2D eigenvalue weighted by Gasteiger charge is 2.34. The standard InChI is InChI=1S/C23H31N3O3S2/c1-18-10-11-22(30-18)31(28,29)26-14-6-9-21(17-26)23(27)24-15-19-7-2-3-8-20(19)16-25-12-4-5-13-25/h2-3,7-8,10-11,21H,4-6,9,12-17H2,1H3,(H,24,27). The predicted molar refractivity (Wildman–Crippen MR) is 123 cm³/mol. The van der Waals surface area contributed by atoms with E-state index in [9.17, 15) is 13.2 Å². The number of hydrogen-bond donors (Lipinski definition) is 1. The highest BCUT2D eigenvalue weighted by molar-refractivity contribution is 7.91. The third-order valence-corrected chi connectivity index (χ3v) is 9.56. The van der Waals surface area contributed by atoms with Crippen molar-refractivity contribution in [3.8, 4) is 0 Å². The molecule has 31 heavy (non-hydrogen) atoms. The summed E-state index contributed by atoms with van der Waals surface area (Å²) in [5.74, 6) is -0.367. The summed E-state index contributed by atoms with van der Waals surface area (Å²) >= 11 is 1.29. The molecule has 168 valence electrons. The number of hydrogen-bond acceptors (Lipinski definition) is 5. The average Bonchev–Trinajstić information content (AvgIpc) is 3.45. The molecule has 1 amide bonds. The summed E-state index contributed by atoms with van der Waals surface area (Å²) in [7, 11) is -3.53. The number of sulfonamides is 1. The van der Waals surface area contributed by atoms with Crippen LogP contribution in [0.5, 0.6) is 0 Å². The van der Waals surface area contributed by atoms with Gasteiger partial charge in [0, 0.05) is 31.1 Å².